The van der Waals surface area contributed by atoms with Gasteiger partial charge < -0.3 is 15.2 Å². The molecule has 0 saturated carbocycles. The molecule has 1 aliphatic heterocycles. The number of nitrogens with zero attached hydrogens (tertiary/aromatic N) is 1. The van der Waals surface area contributed by atoms with Crippen molar-refractivity contribution in [1.29, 1.82) is 0 Å². The van der Waals surface area contributed by atoms with Crippen molar-refractivity contribution in [2.75, 3.05) is 32.9 Å². The average Bonchev–Trinajstić information content (AvgIpc) is 2.64. The second-order valence-electron chi connectivity index (χ2n) is 5.95. The highest BCUT2D eigenvalue weighted by molar-refractivity contribution is 5.85. The van der Waals surface area contributed by atoms with Gasteiger partial charge >= 0.3 is 0 Å². The second-order valence-corrected chi connectivity index (χ2v) is 5.95. The van der Waals surface area contributed by atoms with E-state index in [0.29, 0.717) is 17.9 Å². The lowest BCUT2D eigenvalue weighted by Crippen LogP contribution is -2.45. The number of benzene rings is 2. The predicted octanol–water partition coefficient (Wildman–Crippen LogP) is 3.31. The van der Waals surface area contributed by atoms with Crippen molar-refractivity contribution in [2.24, 2.45) is 0 Å². The van der Waals surface area contributed by atoms with Gasteiger partial charge in [-0.05, 0) is 17.7 Å². The topological polar surface area (TPSA) is 44.7 Å². The van der Waals surface area contributed by atoms with Crippen LogP contribution in [0.5, 0.6) is 11.5 Å². The lowest BCUT2D eigenvalue weighted by molar-refractivity contribution is 0.145. The van der Waals surface area contributed by atoms with E-state index in [1.165, 1.54) is 0 Å². The molecule has 0 bridgehead atoms. The molecule has 0 amide bonds. The first-order chi connectivity index (χ1) is 11.8. The fourth-order valence-electron chi connectivity index (χ4n) is 3.01. The van der Waals surface area contributed by atoms with E-state index in [2.05, 4.69) is 10.2 Å². The first-order valence-electron chi connectivity index (χ1n) is 8.28. The number of halogens is 2. The SMILES string of the molecule is Cl.Oc1cc(OCc2ccccc2)ccc1[C@@H](CF)N1CCNCC1. The third-order valence-corrected chi connectivity index (χ3v) is 4.35. The minimum absolute atomic E-state index is 0. The van der Waals surface area contributed by atoms with Crippen LogP contribution in [0.4, 0.5) is 4.39 Å². The van der Waals surface area contributed by atoms with Crippen molar-refractivity contribution in [1.82, 2.24) is 10.2 Å². The molecular formula is C19H24ClFN2O2. The quantitative estimate of drug-likeness (QED) is 0.823. The Labute approximate surface area is 154 Å². The summed E-state index contributed by atoms with van der Waals surface area (Å²) in [6.45, 7) is 3.16. The largest absolute Gasteiger partial charge is 0.507 e. The van der Waals surface area contributed by atoms with Crippen LogP contribution in [0.3, 0.4) is 0 Å². The van der Waals surface area contributed by atoms with Crippen molar-refractivity contribution in [3.05, 3.63) is 59.7 Å². The Morgan fingerprint density at radius 1 is 1.12 bits per heavy atom. The second kappa shape index (κ2) is 9.61. The Kier molecular flexibility index (Phi) is 7.50. The molecule has 1 saturated heterocycles. The van der Waals surface area contributed by atoms with Crippen molar-refractivity contribution < 1.29 is 14.2 Å². The van der Waals surface area contributed by atoms with E-state index >= 15 is 0 Å². The summed E-state index contributed by atoms with van der Waals surface area (Å²) in [6.07, 6.45) is 0. The highest BCUT2D eigenvalue weighted by atomic mass is 35.5. The van der Waals surface area contributed by atoms with Gasteiger partial charge in [0.05, 0.1) is 6.04 Å². The Hall–Kier alpha value is -1.82. The summed E-state index contributed by atoms with van der Waals surface area (Å²) < 4.78 is 19.3. The van der Waals surface area contributed by atoms with Crippen LogP contribution in [0.2, 0.25) is 0 Å². The van der Waals surface area contributed by atoms with Crippen molar-refractivity contribution in [2.45, 2.75) is 12.6 Å². The number of hydrogen-bond acceptors (Lipinski definition) is 4. The van der Waals surface area contributed by atoms with Gasteiger partial charge in [-0.2, -0.15) is 0 Å². The number of aromatic hydroxyl groups is 1. The number of hydrogen-bond donors (Lipinski definition) is 2. The summed E-state index contributed by atoms with van der Waals surface area (Å²) in [4.78, 5) is 2.07. The number of piperazine rings is 1. The molecule has 1 heterocycles. The molecule has 25 heavy (non-hydrogen) atoms. The number of alkyl halides is 1. The molecule has 0 radical (unpaired) electrons. The van der Waals surface area contributed by atoms with Gasteiger partial charge in [-0.15, -0.1) is 12.4 Å². The first-order valence-corrected chi connectivity index (χ1v) is 8.28. The Bertz CT molecular complexity index is 651. The van der Waals surface area contributed by atoms with E-state index in [4.69, 9.17) is 4.74 Å². The lowest BCUT2D eigenvalue weighted by atomic mass is 10.0. The number of phenolic OH excluding ortho intramolecular Hbond substituents is 1. The van der Waals surface area contributed by atoms with E-state index < -0.39 is 12.7 Å². The zero-order chi connectivity index (χ0) is 16.8. The molecule has 0 aromatic heterocycles. The molecule has 2 aromatic carbocycles. The molecule has 0 spiro atoms. The van der Waals surface area contributed by atoms with Gasteiger partial charge in [0, 0.05) is 37.8 Å². The highest BCUT2D eigenvalue weighted by Crippen LogP contribution is 2.32. The highest BCUT2D eigenvalue weighted by Gasteiger charge is 2.24. The van der Waals surface area contributed by atoms with E-state index in [0.717, 1.165) is 31.7 Å². The van der Waals surface area contributed by atoms with Crippen LogP contribution in [-0.2, 0) is 6.61 Å². The molecule has 4 nitrogen and oxygen atoms in total. The van der Waals surface area contributed by atoms with Crippen LogP contribution in [0.1, 0.15) is 17.2 Å². The molecule has 1 atom stereocenters. The third kappa shape index (κ3) is 5.08. The summed E-state index contributed by atoms with van der Waals surface area (Å²) in [5.41, 5.74) is 1.68. The number of phenols is 1. The molecule has 1 fully saturated rings. The van der Waals surface area contributed by atoms with Gasteiger partial charge in [0.2, 0.25) is 0 Å². The minimum atomic E-state index is -0.516. The monoisotopic (exact) mass is 366 g/mol. The molecule has 3 rings (SSSR count). The van der Waals surface area contributed by atoms with Gasteiger partial charge in [-0.3, -0.25) is 4.90 Å². The molecule has 2 aromatic rings. The molecular weight excluding hydrogens is 343 g/mol. The summed E-state index contributed by atoms with van der Waals surface area (Å²) in [7, 11) is 0. The van der Waals surface area contributed by atoms with Gasteiger partial charge in [-0.25, -0.2) is 4.39 Å². The van der Waals surface area contributed by atoms with Crippen LogP contribution < -0.4 is 10.1 Å². The van der Waals surface area contributed by atoms with Crippen LogP contribution in [-0.4, -0.2) is 42.9 Å². The number of ether oxygens (including phenoxy) is 1. The third-order valence-electron chi connectivity index (χ3n) is 4.35. The zero-order valence-electron chi connectivity index (χ0n) is 14.0. The van der Waals surface area contributed by atoms with E-state index in [1.807, 2.05) is 30.3 Å². The Balaban J connectivity index is 0.00000225. The maximum absolute atomic E-state index is 13.6. The van der Waals surface area contributed by atoms with Crippen LogP contribution in [0.15, 0.2) is 48.5 Å². The molecule has 0 unspecified atom stereocenters. The summed E-state index contributed by atoms with van der Waals surface area (Å²) in [5.74, 6) is 0.666. The summed E-state index contributed by atoms with van der Waals surface area (Å²) in [5, 5.41) is 13.6. The molecule has 0 aliphatic carbocycles. The van der Waals surface area contributed by atoms with E-state index in [1.54, 1.807) is 18.2 Å². The van der Waals surface area contributed by atoms with E-state index in [9.17, 15) is 9.50 Å². The fourth-order valence-corrected chi connectivity index (χ4v) is 3.01. The van der Waals surface area contributed by atoms with Gasteiger partial charge in [0.25, 0.3) is 0 Å². The zero-order valence-corrected chi connectivity index (χ0v) is 14.8. The van der Waals surface area contributed by atoms with Crippen LogP contribution >= 0.6 is 12.4 Å². The number of nitrogens with one attached hydrogen (secondary N) is 1. The van der Waals surface area contributed by atoms with Crippen molar-refractivity contribution in [3.8, 4) is 11.5 Å². The van der Waals surface area contributed by atoms with E-state index in [-0.39, 0.29) is 18.2 Å². The standard InChI is InChI=1S/C19H23FN2O2.ClH/c20-13-18(22-10-8-21-9-11-22)17-7-6-16(12-19(17)23)24-14-15-4-2-1-3-5-15;/h1-7,12,18,21,23H,8-11,13-14H2;1H/t18-;/m1./s1. The molecule has 136 valence electrons. The van der Waals surface area contributed by atoms with Gasteiger partial charge in [0.15, 0.2) is 0 Å². The molecule has 1 aliphatic rings. The normalized spacial score (nSPS) is 16.0. The number of rotatable bonds is 6. The summed E-state index contributed by atoms with van der Waals surface area (Å²) >= 11 is 0. The van der Waals surface area contributed by atoms with Crippen LogP contribution in [0.25, 0.3) is 0 Å². The fraction of sp³-hybridized carbons (Fsp3) is 0.368. The smallest absolute Gasteiger partial charge is 0.124 e. The average molecular weight is 367 g/mol. The van der Waals surface area contributed by atoms with Crippen molar-refractivity contribution in [3.63, 3.8) is 0 Å². The Morgan fingerprint density at radius 2 is 1.84 bits per heavy atom. The van der Waals surface area contributed by atoms with Gasteiger partial charge in [-0.1, -0.05) is 30.3 Å². The minimum Gasteiger partial charge on any atom is -0.507 e. The van der Waals surface area contributed by atoms with Crippen molar-refractivity contribution >= 4 is 12.4 Å². The van der Waals surface area contributed by atoms with Gasteiger partial charge in [0.1, 0.15) is 24.8 Å². The summed E-state index contributed by atoms with van der Waals surface area (Å²) in [6, 6.07) is 14.6. The van der Waals surface area contributed by atoms with Crippen LogP contribution in [0, 0.1) is 0 Å². The first kappa shape index (κ1) is 19.5. The predicted molar refractivity (Wildman–Crippen MR) is 99.3 cm³/mol. The Morgan fingerprint density at radius 3 is 2.48 bits per heavy atom. The lowest BCUT2D eigenvalue weighted by Gasteiger charge is -2.33. The molecule has 6 heteroatoms. The molecule has 2 N–H and O–H groups in total. The maximum atomic E-state index is 13.6. The maximum Gasteiger partial charge on any atom is 0.124 e.